The minimum atomic E-state index is -4.60. The molecule has 174 valence electrons. The molecule has 2 N–H and O–H groups in total. The molecule has 0 bridgehead atoms. The first-order chi connectivity index (χ1) is 14.3. The smallest absolute Gasteiger partial charge is 0.403 e. The summed E-state index contributed by atoms with van der Waals surface area (Å²) in [5, 5.41) is 13.6. The highest BCUT2D eigenvalue weighted by molar-refractivity contribution is 5.84. The summed E-state index contributed by atoms with van der Waals surface area (Å²) < 4.78 is 51.9. The Labute approximate surface area is 180 Å². The molecule has 6 nitrogen and oxygen atoms in total. The molecule has 9 heteroatoms. The molecule has 4 rings (SSSR count). The van der Waals surface area contributed by atoms with E-state index in [1.807, 2.05) is 0 Å². The van der Waals surface area contributed by atoms with E-state index in [0.29, 0.717) is 36.7 Å². The second kappa shape index (κ2) is 9.24. The molecular weight excluding hydrogens is 413 g/mol. The largest absolute Gasteiger partial charge is 0.486 e. The Kier molecular flexibility index (Phi) is 7.05. The maximum Gasteiger partial charge on any atom is 0.403 e. The van der Waals surface area contributed by atoms with Crippen molar-refractivity contribution in [3.63, 3.8) is 0 Å². The second-order valence-electron chi connectivity index (χ2n) is 8.37. The Bertz CT molecular complexity index is 777. The third-order valence-electron chi connectivity index (χ3n) is 6.44. The van der Waals surface area contributed by atoms with E-state index in [1.54, 1.807) is 18.2 Å². The topological polar surface area (TPSA) is 71.0 Å². The van der Waals surface area contributed by atoms with Crippen LogP contribution >= 0.6 is 0 Å². The SMILES string of the molecule is C.O=C(N[C@H](CN1CCCC1)[C@H](O)c1ccc2c(c1)OCCO2)C1(C(F)(F)F)CCC1. The minimum Gasteiger partial charge on any atom is -0.486 e. The molecule has 0 radical (unpaired) electrons. The van der Waals surface area contributed by atoms with Crippen molar-refractivity contribution in [2.75, 3.05) is 32.8 Å². The molecule has 2 heterocycles. The first kappa shape index (κ1) is 23.7. The van der Waals surface area contributed by atoms with Gasteiger partial charge in [0.05, 0.1) is 6.04 Å². The molecule has 0 unspecified atom stereocenters. The number of nitrogens with one attached hydrogen (secondary N) is 1. The third kappa shape index (κ3) is 4.62. The number of amides is 1. The van der Waals surface area contributed by atoms with Crippen LogP contribution in [-0.2, 0) is 4.79 Å². The Morgan fingerprint density at radius 2 is 1.77 bits per heavy atom. The van der Waals surface area contributed by atoms with Gasteiger partial charge in [-0.15, -0.1) is 0 Å². The number of halogens is 3. The molecule has 2 fully saturated rings. The highest BCUT2D eigenvalue weighted by Crippen LogP contribution is 2.53. The molecule has 1 aliphatic carbocycles. The van der Waals surface area contributed by atoms with Gasteiger partial charge in [0.2, 0.25) is 5.91 Å². The highest BCUT2D eigenvalue weighted by Gasteiger charge is 2.63. The fourth-order valence-electron chi connectivity index (χ4n) is 4.42. The van der Waals surface area contributed by atoms with Gasteiger partial charge in [-0.3, -0.25) is 4.79 Å². The maximum atomic E-state index is 13.6. The Morgan fingerprint density at radius 1 is 1.13 bits per heavy atom. The van der Waals surface area contributed by atoms with Crippen molar-refractivity contribution in [3.8, 4) is 11.5 Å². The molecular formula is C22H31F3N2O4. The van der Waals surface area contributed by atoms with Crippen LogP contribution < -0.4 is 14.8 Å². The standard InChI is InChI=1S/C21H27F3N2O4.CH4/c22-21(23,24)20(6-3-7-20)19(28)25-15(13-26-8-1-2-9-26)18(27)14-4-5-16-17(12-14)30-11-10-29-16;/h4-5,12,15,18,27H,1-3,6-11,13H2,(H,25,28);1H4/t15-,18-;/m1./s1. The lowest BCUT2D eigenvalue weighted by Crippen LogP contribution is -2.59. The lowest BCUT2D eigenvalue weighted by atomic mass is 9.67. The van der Waals surface area contributed by atoms with Crippen molar-refractivity contribution in [2.45, 2.75) is 57.9 Å². The van der Waals surface area contributed by atoms with Gasteiger partial charge in [0.25, 0.3) is 0 Å². The predicted octanol–water partition coefficient (Wildman–Crippen LogP) is 3.44. The molecule has 2 aliphatic heterocycles. The number of aliphatic hydroxyl groups is 1. The van der Waals surface area contributed by atoms with Gasteiger partial charge in [-0.25, -0.2) is 0 Å². The monoisotopic (exact) mass is 444 g/mol. The van der Waals surface area contributed by atoms with Crippen LogP contribution in [0.5, 0.6) is 11.5 Å². The summed E-state index contributed by atoms with van der Waals surface area (Å²) in [4.78, 5) is 14.8. The van der Waals surface area contributed by atoms with E-state index < -0.39 is 29.6 Å². The molecule has 31 heavy (non-hydrogen) atoms. The number of hydrogen-bond acceptors (Lipinski definition) is 5. The van der Waals surface area contributed by atoms with Gasteiger partial charge in [-0.05, 0) is 56.5 Å². The predicted molar refractivity (Wildman–Crippen MR) is 109 cm³/mol. The molecule has 1 saturated carbocycles. The molecule has 1 amide bonds. The summed E-state index contributed by atoms with van der Waals surface area (Å²) in [6.45, 7) is 2.70. The number of benzene rings is 1. The zero-order chi connectivity index (χ0) is 21.4. The van der Waals surface area contributed by atoms with Crippen LogP contribution in [0.3, 0.4) is 0 Å². The summed E-state index contributed by atoms with van der Waals surface area (Å²) in [6, 6.07) is 4.10. The van der Waals surface area contributed by atoms with Gasteiger partial charge in [0.15, 0.2) is 11.5 Å². The van der Waals surface area contributed by atoms with Gasteiger partial charge in [0, 0.05) is 6.54 Å². The van der Waals surface area contributed by atoms with Gasteiger partial charge in [-0.2, -0.15) is 13.2 Å². The van der Waals surface area contributed by atoms with E-state index in [0.717, 1.165) is 25.9 Å². The first-order valence-corrected chi connectivity index (χ1v) is 10.5. The van der Waals surface area contributed by atoms with Crippen LogP contribution in [0.2, 0.25) is 0 Å². The van der Waals surface area contributed by atoms with Gasteiger partial charge in [-0.1, -0.05) is 19.9 Å². The van der Waals surface area contributed by atoms with E-state index in [-0.39, 0.29) is 26.8 Å². The maximum absolute atomic E-state index is 13.6. The number of fused-ring (bicyclic) bond motifs is 1. The second-order valence-corrected chi connectivity index (χ2v) is 8.37. The number of carbonyl (C=O) groups is 1. The normalized spacial score (nSPS) is 22.1. The van der Waals surface area contributed by atoms with Crippen LogP contribution in [0.25, 0.3) is 0 Å². The van der Waals surface area contributed by atoms with E-state index in [4.69, 9.17) is 9.47 Å². The number of alkyl halides is 3. The fourth-order valence-corrected chi connectivity index (χ4v) is 4.42. The quantitative estimate of drug-likeness (QED) is 0.704. The van der Waals surface area contributed by atoms with E-state index in [2.05, 4.69) is 10.2 Å². The van der Waals surface area contributed by atoms with Crippen molar-refractivity contribution in [3.05, 3.63) is 23.8 Å². The zero-order valence-electron chi connectivity index (χ0n) is 16.7. The Hall–Kier alpha value is -2.00. The van der Waals surface area contributed by atoms with Crippen LogP contribution in [0.4, 0.5) is 13.2 Å². The van der Waals surface area contributed by atoms with Crippen molar-refractivity contribution in [1.82, 2.24) is 10.2 Å². The van der Waals surface area contributed by atoms with Gasteiger partial charge < -0.3 is 24.8 Å². The van der Waals surface area contributed by atoms with Crippen LogP contribution in [0.1, 0.15) is 51.2 Å². The summed E-state index contributed by atoms with van der Waals surface area (Å²) in [5.74, 6) is -0.000310. The van der Waals surface area contributed by atoms with E-state index in [9.17, 15) is 23.1 Å². The average Bonchev–Trinajstić information content (AvgIpc) is 3.17. The Balaban J connectivity index is 0.00000272. The van der Waals surface area contributed by atoms with E-state index >= 15 is 0 Å². The number of nitrogens with zero attached hydrogens (tertiary/aromatic N) is 1. The number of rotatable bonds is 6. The van der Waals surface area contributed by atoms with Crippen LogP contribution in [0.15, 0.2) is 18.2 Å². The minimum absolute atomic E-state index is 0. The molecule has 1 aromatic rings. The molecule has 0 aromatic heterocycles. The number of likely N-dealkylation sites (tertiary alicyclic amines) is 1. The van der Waals surface area contributed by atoms with Crippen molar-refractivity contribution in [1.29, 1.82) is 0 Å². The van der Waals surface area contributed by atoms with Crippen molar-refractivity contribution in [2.24, 2.45) is 5.41 Å². The molecule has 0 spiro atoms. The first-order valence-electron chi connectivity index (χ1n) is 10.5. The summed E-state index contributed by atoms with van der Waals surface area (Å²) in [6.07, 6.45) is -3.84. The molecule has 1 aromatic carbocycles. The average molecular weight is 444 g/mol. The highest BCUT2D eigenvalue weighted by atomic mass is 19.4. The molecule has 1 saturated heterocycles. The zero-order valence-corrected chi connectivity index (χ0v) is 16.7. The third-order valence-corrected chi connectivity index (χ3v) is 6.44. The number of ether oxygens (including phenoxy) is 2. The van der Waals surface area contributed by atoms with Crippen LogP contribution in [0, 0.1) is 5.41 Å². The number of hydrogen-bond donors (Lipinski definition) is 2. The number of aliphatic hydroxyl groups excluding tert-OH is 1. The van der Waals surface area contributed by atoms with Gasteiger partial charge >= 0.3 is 6.18 Å². The van der Waals surface area contributed by atoms with Gasteiger partial charge in [0.1, 0.15) is 24.7 Å². The lowest BCUT2D eigenvalue weighted by molar-refractivity contribution is -0.243. The summed E-state index contributed by atoms with van der Waals surface area (Å²) in [7, 11) is 0. The summed E-state index contributed by atoms with van der Waals surface area (Å²) >= 11 is 0. The molecule has 2 atom stereocenters. The number of carbonyl (C=O) groups excluding carboxylic acids is 1. The van der Waals surface area contributed by atoms with Crippen molar-refractivity contribution < 1.29 is 32.5 Å². The lowest BCUT2D eigenvalue weighted by Gasteiger charge is -2.42. The molecule has 3 aliphatic rings. The van der Waals surface area contributed by atoms with Crippen molar-refractivity contribution >= 4 is 5.91 Å². The summed E-state index contributed by atoms with van der Waals surface area (Å²) in [5.41, 5.74) is -1.87. The fraction of sp³-hybridized carbons (Fsp3) is 0.682. The van der Waals surface area contributed by atoms with E-state index in [1.165, 1.54) is 0 Å². The Morgan fingerprint density at radius 3 is 2.35 bits per heavy atom. The van der Waals surface area contributed by atoms with Crippen LogP contribution in [-0.4, -0.2) is 61.0 Å².